The Bertz CT molecular complexity index is 815. The monoisotopic (exact) mass is 412 g/mol. The van der Waals surface area contributed by atoms with Crippen molar-refractivity contribution in [3.63, 3.8) is 0 Å². The molecule has 5 nitrogen and oxygen atoms in total. The van der Waals surface area contributed by atoms with Gasteiger partial charge in [-0.1, -0.05) is 44.2 Å². The van der Waals surface area contributed by atoms with E-state index in [0.29, 0.717) is 17.6 Å². The third-order valence-electron chi connectivity index (χ3n) is 7.19. The summed E-state index contributed by atoms with van der Waals surface area (Å²) in [4.78, 5) is 33.9. The Morgan fingerprint density at radius 2 is 1.53 bits per heavy atom. The fourth-order valence-corrected chi connectivity index (χ4v) is 5.21. The van der Waals surface area contributed by atoms with Crippen LogP contribution in [0.1, 0.15) is 85.8 Å². The molecule has 5 heteroatoms. The number of benzene rings is 1. The molecule has 0 saturated carbocycles. The molecule has 0 N–H and O–H groups in total. The number of piperidine rings is 1. The minimum Gasteiger partial charge on any atom is -0.290 e. The predicted molar refractivity (Wildman–Crippen MR) is 118 cm³/mol. The maximum Gasteiger partial charge on any atom is 0.257 e. The smallest absolute Gasteiger partial charge is 0.257 e. The van der Waals surface area contributed by atoms with Crippen LogP contribution in [0.4, 0.5) is 0 Å². The van der Waals surface area contributed by atoms with Crippen LogP contribution in [-0.4, -0.2) is 38.9 Å². The minimum atomic E-state index is -0.330. The lowest BCUT2D eigenvalue weighted by molar-refractivity contribution is -0.318. The van der Waals surface area contributed by atoms with Crippen LogP contribution in [0, 0.1) is 0 Å². The second-order valence-electron chi connectivity index (χ2n) is 9.49. The predicted octanol–water partition coefficient (Wildman–Crippen LogP) is 5.19. The van der Waals surface area contributed by atoms with E-state index >= 15 is 0 Å². The van der Waals surface area contributed by atoms with Crippen molar-refractivity contribution in [3.05, 3.63) is 47.0 Å². The van der Waals surface area contributed by atoms with E-state index in [1.54, 1.807) is 13.8 Å². The van der Waals surface area contributed by atoms with Crippen molar-refractivity contribution in [1.29, 1.82) is 0 Å². The summed E-state index contributed by atoms with van der Waals surface area (Å²) < 4.78 is 0. The van der Waals surface area contributed by atoms with Gasteiger partial charge in [-0.25, -0.2) is 0 Å². The summed E-state index contributed by atoms with van der Waals surface area (Å²) in [6, 6.07) is 10.1. The summed E-state index contributed by atoms with van der Waals surface area (Å²) in [5.74, 6) is -0.266. The second-order valence-corrected chi connectivity index (χ2v) is 9.49. The lowest BCUT2D eigenvalue weighted by Crippen LogP contribution is -2.66. The van der Waals surface area contributed by atoms with E-state index in [-0.39, 0.29) is 35.0 Å². The maximum atomic E-state index is 12.9. The molecule has 1 aromatic rings. The van der Waals surface area contributed by atoms with Gasteiger partial charge in [0, 0.05) is 28.3 Å². The lowest BCUT2D eigenvalue weighted by Gasteiger charge is -2.57. The number of hydrogen-bond acceptors (Lipinski definition) is 4. The third kappa shape index (κ3) is 3.74. The molecule has 2 unspecified atom stereocenters. The first kappa shape index (κ1) is 22.7. The van der Waals surface area contributed by atoms with Gasteiger partial charge in [0.25, 0.3) is 11.8 Å². The topological polar surface area (TPSA) is 49.9 Å². The molecule has 1 aromatic carbocycles. The van der Waals surface area contributed by atoms with Crippen LogP contribution in [0.2, 0.25) is 0 Å². The summed E-state index contributed by atoms with van der Waals surface area (Å²) in [5, 5.41) is 2.19. The van der Waals surface area contributed by atoms with Crippen molar-refractivity contribution in [2.24, 2.45) is 0 Å². The van der Waals surface area contributed by atoms with Gasteiger partial charge >= 0.3 is 0 Å². The van der Waals surface area contributed by atoms with Crippen LogP contribution in [0.25, 0.3) is 0 Å². The normalized spacial score (nSPS) is 25.2. The Morgan fingerprint density at radius 3 is 2.03 bits per heavy atom. The van der Waals surface area contributed by atoms with Gasteiger partial charge in [-0.15, -0.1) is 0 Å². The molecule has 2 aliphatic rings. The number of carbonyl (C=O) groups excluding carboxylic acids is 2. The van der Waals surface area contributed by atoms with Gasteiger partial charge in [-0.05, 0) is 65.9 Å². The van der Waals surface area contributed by atoms with Crippen LogP contribution in [0.3, 0.4) is 0 Å². The SMILES string of the molecule is CCC1(CC)CC(N2C(=O)C(C)=C(C)C2=O)CC(C)(C)N1OC(C)c1ccccc1. The van der Waals surface area contributed by atoms with Crippen molar-refractivity contribution in [2.45, 2.75) is 97.4 Å². The number of rotatable bonds is 6. The Labute approximate surface area is 181 Å². The second kappa shape index (κ2) is 8.27. The van der Waals surface area contributed by atoms with Crippen molar-refractivity contribution in [2.75, 3.05) is 0 Å². The maximum absolute atomic E-state index is 12.9. The molecule has 2 heterocycles. The van der Waals surface area contributed by atoms with E-state index in [2.05, 4.69) is 51.8 Å². The average molecular weight is 413 g/mol. The lowest BCUT2D eigenvalue weighted by atomic mass is 9.73. The summed E-state index contributed by atoms with van der Waals surface area (Å²) >= 11 is 0. The zero-order valence-electron chi connectivity index (χ0n) is 19.5. The number of imide groups is 1. The molecule has 0 spiro atoms. The van der Waals surface area contributed by atoms with Crippen LogP contribution < -0.4 is 0 Å². The number of hydroxylamine groups is 2. The molecule has 0 aliphatic carbocycles. The first-order valence-corrected chi connectivity index (χ1v) is 11.2. The fourth-order valence-electron chi connectivity index (χ4n) is 5.21. The summed E-state index contributed by atoms with van der Waals surface area (Å²) in [7, 11) is 0. The van der Waals surface area contributed by atoms with Crippen LogP contribution in [-0.2, 0) is 14.4 Å². The van der Waals surface area contributed by atoms with Gasteiger partial charge in [0.05, 0.1) is 0 Å². The third-order valence-corrected chi connectivity index (χ3v) is 7.19. The van der Waals surface area contributed by atoms with Gasteiger partial charge in [-0.3, -0.25) is 19.3 Å². The van der Waals surface area contributed by atoms with Gasteiger partial charge in [0.1, 0.15) is 6.10 Å². The molecule has 1 fully saturated rings. The zero-order valence-corrected chi connectivity index (χ0v) is 19.5. The average Bonchev–Trinajstić information content (AvgIpc) is 2.92. The molecule has 0 bridgehead atoms. The van der Waals surface area contributed by atoms with E-state index in [0.717, 1.165) is 24.8 Å². The highest BCUT2D eigenvalue weighted by Crippen LogP contribution is 2.46. The molecule has 3 rings (SSSR count). The summed E-state index contributed by atoms with van der Waals surface area (Å²) in [6.07, 6.45) is 3.09. The van der Waals surface area contributed by atoms with E-state index in [4.69, 9.17) is 4.84 Å². The number of amides is 2. The largest absolute Gasteiger partial charge is 0.290 e. The molecular formula is C25H36N2O3. The van der Waals surface area contributed by atoms with Crippen molar-refractivity contribution in [1.82, 2.24) is 9.96 Å². The van der Waals surface area contributed by atoms with Gasteiger partial charge in [-0.2, -0.15) is 5.06 Å². The number of carbonyl (C=O) groups is 2. The van der Waals surface area contributed by atoms with Gasteiger partial charge < -0.3 is 0 Å². The standard InChI is InChI=1S/C25H36N2O3/c1-8-25(9-2)16-21(26-22(28)17(3)18(4)23(26)29)15-24(6,7)27(25)30-19(5)20-13-11-10-12-14-20/h10-14,19,21H,8-9,15-16H2,1-7H3. The number of nitrogens with zero attached hydrogens (tertiary/aromatic N) is 2. The minimum absolute atomic E-state index is 0.0827. The van der Waals surface area contributed by atoms with Crippen molar-refractivity contribution in [3.8, 4) is 0 Å². The Hall–Kier alpha value is -1.98. The fraction of sp³-hybridized carbons (Fsp3) is 0.600. The molecule has 0 radical (unpaired) electrons. The molecule has 2 aliphatic heterocycles. The molecule has 0 aromatic heterocycles. The Kier molecular flexibility index (Phi) is 6.26. The Morgan fingerprint density at radius 1 is 1.00 bits per heavy atom. The zero-order chi connectivity index (χ0) is 22.3. The van der Waals surface area contributed by atoms with Gasteiger partial charge in [0.15, 0.2) is 0 Å². The highest BCUT2D eigenvalue weighted by Gasteiger charge is 2.54. The molecule has 2 amide bonds. The van der Waals surface area contributed by atoms with Crippen molar-refractivity contribution >= 4 is 11.8 Å². The molecular weight excluding hydrogens is 376 g/mol. The first-order valence-electron chi connectivity index (χ1n) is 11.2. The van der Waals surface area contributed by atoms with Crippen molar-refractivity contribution < 1.29 is 14.4 Å². The Balaban J connectivity index is 1.92. The summed E-state index contributed by atoms with van der Waals surface area (Å²) in [6.45, 7) is 14.3. The highest BCUT2D eigenvalue weighted by atomic mass is 16.7. The molecule has 1 saturated heterocycles. The first-order chi connectivity index (χ1) is 14.1. The van der Waals surface area contributed by atoms with E-state index in [9.17, 15) is 9.59 Å². The van der Waals surface area contributed by atoms with Gasteiger partial charge in [0.2, 0.25) is 0 Å². The van der Waals surface area contributed by atoms with Crippen LogP contribution in [0.5, 0.6) is 0 Å². The summed E-state index contributed by atoms with van der Waals surface area (Å²) in [5.41, 5.74) is 1.71. The molecule has 2 atom stereocenters. The molecule has 30 heavy (non-hydrogen) atoms. The van der Waals surface area contributed by atoms with Crippen LogP contribution >= 0.6 is 0 Å². The quantitative estimate of drug-likeness (QED) is 0.604. The van der Waals surface area contributed by atoms with E-state index < -0.39 is 0 Å². The molecule has 164 valence electrons. The van der Waals surface area contributed by atoms with E-state index in [1.165, 1.54) is 4.90 Å². The van der Waals surface area contributed by atoms with E-state index in [1.807, 2.05) is 18.2 Å². The highest BCUT2D eigenvalue weighted by molar-refractivity contribution is 6.19. The van der Waals surface area contributed by atoms with Crippen LogP contribution in [0.15, 0.2) is 41.5 Å². The number of hydrogen-bond donors (Lipinski definition) is 0.